The van der Waals surface area contributed by atoms with E-state index in [9.17, 15) is 9.59 Å². The molecule has 2 aliphatic carbocycles. The zero-order chi connectivity index (χ0) is 45.6. The second-order valence-electron chi connectivity index (χ2n) is 21.1. The van der Waals surface area contributed by atoms with E-state index in [0.717, 1.165) is 88.0 Å². The molecule has 63 heavy (non-hydrogen) atoms. The second-order valence-corrected chi connectivity index (χ2v) is 21.1. The molecule has 0 radical (unpaired) electrons. The number of carbonyl (C=O) groups excluding carboxylic acids is 2. The third kappa shape index (κ3) is 31.3. The van der Waals surface area contributed by atoms with Crippen LogP contribution < -0.4 is 5.32 Å². The van der Waals surface area contributed by atoms with Gasteiger partial charge in [0, 0.05) is 18.8 Å². The summed E-state index contributed by atoms with van der Waals surface area (Å²) in [5, 5.41) is 3.12. The van der Waals surface area contributed by atoms with Crippen LogP contribution in [0.2, 0.25) is 0 Å². The fourth-order valence-corrected chi connectivity index (χ4v) is 10.9. The van der Waals surface area contributed by atoms with E-state index in [1.54, 1.807) is 0 Å². The maximum Gasteiger partial charge on any atom is 0.306 e. The highest BCUT2D eigenvalue weighted by atomic mass is 16.5. The first-order chi connectivity index (χ1) is 30.9. The van der Waals surface area contributed by atoms with E-state index in [1.807, 2.05) is 14.0 Å². The summed E-state index contributed by atoms with van der Waals surface area (Å²) in [5.74, 6) is 4.24. The Bertz CT molecular complexity index is 1040. The van der Waals surface area contributed by atoms with Crippen molar-refractivity contribution in [2.75, 3.05) is 13.6 Å². The minimum Gasteiger partial charge on any atom is -0.462 e. The van der Waals surface area contributed by atoms with Crippen LogP contribution in [0.15, 0.2) is 12.2 Å². The maximum atomic E-state index is 13.8. The van der Waals surface area contributed by atoms with E-state index < -0.39 is 0 Å². The van der Waals surface area contributed by atoms with E-state index in [0.29, 0.717) is 12.8 Å². The van der Waals surface area contributed by atoms with Crippen molar-refractivity contribution < 1.29 is 19.1 Å². The van der Waals surface area contributed by atoms with Gasteiger partial charge in [0.1, 0.15) is 12.2 Å². The second kappa shape index (κ2) is 39.8. The van der Waals surface area contributed by atoms with E-state index in [2.05, 4.69) is 45.2 Å². The molecule has 0 aliphatic heterocycles. The van der Waals surface area contributed by atoms with Crippen LogP contribution in [0.3, 0.4) is 0 Å². The summed E-state index contributed by atoms with van der Waals surface area (Å²) in [6.45, 7) is 11.8. The van der Waals surface area contributed by atoms with Gasteiger partial charge in [-0.05, 0) is 114 Å². The molecule has 0 heterocycles. The number of unbranched alkanes of at least 4 members (excludes halogenated alkanes) is 20. The minimum atomic E-state index is -0.236. The molecule has 0 aromatic carbocycles. The smallest absolute Gasteiger partial charge is 0.306 e. The lowest BCUT2D eigenvalue weighted by atomic mass is 9.80. The predicted octanol–water partition coefficient (Wildman–Crippen LogP) is 17.6. The molecular weight excluding hydrogens is 775 g/mol. The van der Waals surface area contributed by atoms with E-state index in [4.69, 9.17) is 9.47 Å². The van der Waals surface area contributed by atoms with Gasteiger partial charge >= 0.3 is 11.9 Å². The molecule has 7 atom stereocenters. The van der Waals surface area contributed by atoms with Gasteiger partial charge in [0.25, 0.3) is 0 Å². The van der Waals surface area contributed by atoms with Crippen molar-refractivity contribution in [3.05, 3.63) is 12.2 Å². The van der Waals surface area contributed by atoms with Crippen LogP contribution in [-0.4, -0.2) is 37.7 Å². The number of hydrogen-bond acceptors (Lipinski definition) is 5. The molecule has 2 aliphatic rings. The molecule has 7 unspecified atom stereocenters. The number of nitrogens with one attached hydrogen (secondary N) is 1. The van der Waals surface area contributed by atoms with Gasteiger partial charge in [0.2, 0.25) is 0 Å². The quantitative estimate of drug-likeness (QED) is 0.0375. The largest absolute Gasteiger partial charge is 0.462 e. The standard InChI is InChI=1S/C58H109NO4/c1-7-11-14-16-22-29-37-50-46-52(50)39-31-24-18-20-26-33-41-55(42-34-27-21-19-25-32-40-53-47-51(53)38-30-23-17-15-12-8-2)63-58(61)48-54(36-10-4)56(43-28-13-9-3)49(5)62-57(60)44-35-45-59-6/h13,28,49-56,59H,7-12,14-27,29-48H2,1-6H3/b28-13-. The highest BCUT2D eigenvalue weighted by molar-refractivity contribution is 5.70. The topological polar surface area (TPSA) is 64.6 Å². The van der Waals surface area contributed by atoms with Crippen molar-refractivity contribution in [3.63, 3.8) is 0 Å². The highest BCUT2D eigenvalue weighted by Gasteiger charge is 2.36. The molecule has 2 fully saturated rings. The normalized spacial score (nSPS) is 20.2. The van der Waals surface area contributed by atoms with Crippen molar-refractivity contribution in [3.8, 4) is 0 Å². The maximum absolute atomic E-state index is 13.8. The molecule has 0 amide bonds. The van der Waals surface area contributed by atoms with Gasteiger partial charge in [-0.1, -0.05) is 213 Å². The number of hydrogen-bond donors (Lipinski definition) is 1. The Morgan fingerprint density at radius 1 is 0.524 bits per heavy atom. The van der Waals surface area contributed by atoms with Gasteiger partial charge < -0.3 is 14.8 Å². The summed E-state index contributed by atoms with van der Waals surface area (Å²) in [6, 6.07) is 0. The minimum absolute atomic E-state index is 0.0255. The zero-order valence-corrected chi connectivity index (χ0v) is 43.2. The Morgan fingerprint density at radius 2 is 0.968 bits per heavy atom. The molecule has 0 aromatic rings. The van der Waals surface area contributed by atoms with Crippen LogP contribution in [-0.2, 0) is 19.1 Å². The zero-order valence-electron chi connectivity index (χ0n) is 43.2. The van der Waals surface area contributed by atoms with E-state index in [-0.39, 0.29) is 36.0 Å². The average Bonchev–Trinajstić information content (AvgIpc) is 4.20. The van der Waals surface area contributed by atoms with Gasteiger partial charge in [0.15, 0.2) is 0 Å². The fraction of sp³-hybridized carbons (Fsp3) is 0.931. The van der Waals surface area contributed by atoms with Crippen molar-refractivity contribution in [1.29, 1.82) is 0 Å². The van der Waals surface area contributed by atoms with Crippen LogP contribution in [0.1, 0.15) is 285 Å². The number of carbonyl (C=O) groups is 2. The molecule has 370 valence electrons. The molecule has 5 nitrogen and oxygen atoms in total. The molecule has 2 saturated carbocycles. The lowest BCUT2D eigenvalue weighted by Crippen LogP contribution is -2.32. The summed E-state index contributed by atoms with van der Waals surface area (Å²) in [5.41, 5.74) is 0. The molecule has 0 spiro atoms. The monoisotopic (exact) mass is 884 g/mol. The molecule has 0 bridgehead atoms. The Morgan fingerprint density at radius 3 is 1.40 bits per heavy atom. The summed E-state index contributed by atoms with van der Waals surface area (Å²) in [7, 11) is 1.91. The van der Waals surface area contributed by atoms with Gasteiger partial charge in [-0.15, -0.1) is 0 Å². The van der Waals surface area contributed by atoms with Crippen molar-refractivity contribution in [2.24, 2.45) is 35.5 Å². The summed E-state index contributed by atoms with van der Waals surface area (Å²) < 4.78 is 12.5. The summed E-state index contributed by atoms with van der Waals surface area (Å²) in [6.07, 6.45) is 53.4. The lowest BCUT2D eigenvalue weighted by Gasteiger charge is -2.31. The van der Waals surface area contributed by atoms with Crippen molar-refractivity contribution >= 4 is 11.9 Å². The number of allylic oxidation sites excluding steroid dienone is 2. The van der Waals surface area contributed by atoms with E-state index in [1.165, 1.54) is 180 Å². The highest BCUT2D eigenvalue weighted by Crippen LogP contribution is 2.46. The third-order valence-corrected chi connectivity index (χ3v) is 15.2. The van der Waals surface area contributed by atoms with Gasteiger partial charge in [-0.3, -0.25) is 9.59 Å². The first-order valence-corrected chi connectivity index (χ1v) is 28.5. The van der Waals surface area contributed by atoms with E-state index >= 15 is 0 Å². The third-order valence-electron chi connectivity index (χ3n) is 15.2. The SMILES string of the molecule is CC/C=C\CC(C(CCC)CC(=O)OC(CCCCCCCCC1CC1CCCCCCCC)CCCCCCCCC1CC1CCCCCCCC)C(C)OC(=O)CCCNC. The van der Waals surface area contributed by atoms with Crippen LogP contribution >= 0.6 is 0 Å². The van der Waals surface area contributed by atoms with Crippen molar-refractivity contribution in [2.45, 2.75) is 297 Å². The van der Waals surface area contributed by atoms with Crippen LogP contribution in [0, 0.1) is 35.5 Å². The molecule has 2 rings (SSSR count). The fourth-order valence-electron chi connectivity index (χ4n) is 10.9. The molecule has 1 N–H and O–H groups in total. The average molecular weight is 885 g/mol. The van der Waals surface area contributed by atoms with Crippen LogP contribution in [0.5, 0.6) is 0 Å². The Labute approximate surface area is 393 Å². The first-order valence-electron chi connectivity index (χ1n) is 28.5. The Hall–Kier alpha value is -1.36. The van der Waals surface area contributed by atoms with Crippen LogP contribution in [0.25, 0.3) is 0 Å². The van der Waals surface area contributed by atoms with Gasteiger partial charge in [-0.25, -0.2) is 0 Å². The van der Waals surface area contributed by atoms with Crippen molar-refractivity contribution in [1.82, 2.24) is 5.32 Å². The number of esters is 2. The summed E-state index contributed by atoms with van der Waals surface area (Å²) >= 11 is 0. The molecule has 0 aromatic heterocycles. The molecule has 0 saturated heterocycles. The molecule has 5 heteroatoms. The Balaban J connectivity index is 1.79. The van der Waals surface area contributed by atoms with Crippen LogP contribution in [0.4, 0.5) is 0 Å². The van der Waals surface area contributed by atoms with Gasteiger partial charge in [0.05, 0.1) is 0 Å². The predicted molar refractivity (Wildman–Crippen MR) is 272 cm³/mol. The van der Waals surface area contributed by atoms with Gasteiger partial charge in [-0.2, -0.15) is 0 Å². The number of ether oxygens (including phenoxy) is 2. The summed E-state index contributed by atoms with van der Waals surface area (Å²) in [4.78, 5) is 26.6. The Kier molecular flexibility index (Phi) is 36.5. The lowest BCUT2D eigenvalue weighted by molar-refractivity contribution is -0.154. The first kappa shape index (κ1) is 57.8. The molecular formula is C58H109NO4. The number of rotatable bonds is 47.